The summed E-state index contributed by atoms with van der Waals surface area (Å²) in [6, 6.07) is 2.97. The first-order valence-electron chi connectivity index (χ1n) is 5.98. The highest BCUT2D eigenvalue weighted by Crippen LogP contribution is 2.47. The maximum Gasteiger partial charge on any atom is 0.337 e. The van der Waals surface area contributed by atoms with Crippen molar-refractivity contribution < 1.29 is 32.6 Å². The molecule has 1 aromatic carbocycles. The minimum Gasteiger partial charge on any atom is -0.493 e. The fourth-order valence-electron chi connectivity index (χ4n) is 1.71. The summed E-state index contributed by atoms with van der Waals surface area (Å²) in [6.45, 7) is 0. The molecular formula is C13H19O7P. The molecule has 21 heavy (non-hydrogen) atoms. The lowest BCUT2D eigenvalue weighted by atomic mass is 10.1. The lowest BCUT2D eigenvalue weighted by Crippen LogP contribution is -2.09. The van der Waals surface area contributed by atoms with Crippen molar-refractivity contribution in [2.75, 3.05) is 41.7 Å². The average Bonchev–Trinajstić information content (AvgIpc) is 2.52. The van der Waals surface area contributed by atoms with Crippen molar-refractivity contribution in [3.05, 3.63) is 17.7 Å². The van der Waals surface area contributed by atoms with Crippen LogP contribution in [0.2, 0.25) is 0 Å². The van der Waals surface area contributed by atoms with E-state index in [4.69, 9.17) is 23.3 Å². The predicted molar refractivity (Wildman–Crippen MR) is 76.9 cm³/mol. The van der Waals surface area contributed by atoms with Gasteiger partial charge in [0.1, 0.15) is 6.16 Å². The molecule has 8 heteroatoms. The van der Waals surface area contributed by atoms with Gasteiger partial charge in [0.25, 0.3) is 0 Å². The third-order valence-corrected chi connectivity index (χ3v) is 4.67. The van der Waals surface area contributed by atoms with Crippen molar-refractivity contribution in [2.24, 2.45) is 0 Å². The van der Waals surface area contributed by atoms with E-state index in [0.29, 0.717) is 17.2 Å². The Morgan fingerprint density at radius 1 is 0.952 bits per heavy atom. The molecule has 0 fully saturated rings. The second-order valence-corrected chi connectivity index (χ2v) is 6.24. The Morgan fingerprint density at radius 3 is 1.76 bits per heavy atom. The highest BCUT2D eigenvalue weighted by Gasteiger charge is 2.27. The first-order valence-corrected chi connectivity index (χ1v) is 7.71. The summed E-state index contributed by atoms with van der Waals surface area (Å²) in [5, 5.41) is 0. The molecule has 0 heterocycles. The lowest BCUT2D eigenvalue weighted by molar-refractivity contribution is 0.101. The van der Waals surface area contributed by atoms with Crippen LogP contribution in [0.25, 0.3) is 0 Å². The van der Waals surface area contributed by atoms with Crippen LogP contribution in [-0.4, -0.2) is 47.5 Å². The van der Waals surface area contributed by atoms with Crippen LogP contribution in [0.5, 0.6) is 17.2 Å². The molecule has 0 aliphatic rings. The van der Waals surface area contributed by atoms with Crippen LogP contribution in [0.4, 0.5) is 0 Å². The van der Waals surface area contributed by atoms with E-state index in [2.05, 4.69) is 0 Å². The first kappa shape index (κ1) is 17.5. The molecule has 0 aliphatic carbocycles. The summed E-state index contributed by atoms with van der Waals surface area (Å²) in [6.07, 6.45) is -0.376. The van der Waals surface area contributed by atoms with Gasteiger partial charge in [-0.15, -0.1) is 0 Å². The molecule has 0 amide bonds. The monoisotopic (exact) mass is 318 g/mol. The average molecular weight is 318 g/mol. The van der Waals surface area contributed by atoms with Crippen molar-refractivity contribution in [3.63, 3.8) is 0 Å². The van der Waals surface area contributed by atoms with Gasteiger partial charge in [-0.2, -0.15) is 0 Å². The molecule has 0 unspecified atom stereocenters. The molecule has 1 aromatic rings. The Kier molecular flexibility index (Phi) is 6.20. The van der Waals surface area contributed by atoms with E-state index in [-0.39, 0.29) is 11.7 Å². The normalized spacial score (nSPS) is 11.1. The predicted octanol–water partition coefficient (Wildman–Crippen LogP) is 2.38. The summed E-state index contributed by atoms with van der Waals surface area (Å²) >= 11 is 0. The van der Waals surface area contributed by atoms with E-state index in [1.165, 1.54) is 47.7 Å². The molecule has 1 rings (SSSR count). The number of methoxy groups -OCH3 is 3. The number of ketones is 1. The number of ether oxygens (including phenoxy) is 3. The van der Waals surface area contributed by atoms with Crippen LogP contribution in [-0.2, 0) is 13.6 Å². The van der Waals surface area contributed by atoms with Gasteiger partial charge in [0.2, 0.25) is 5.75 Å². The smallest absolute Gasteiger partial charge is 0.337 e. The van der Waals surface area contributed by atoms with Gasteiger partial charge in [0.05, 0.1) is 21.3 Å². The maximum atomic E-state index is 12.2. The molecular weight excluding hydrogens is 299 g/mol. The number of carbonyl (C=O) groups is 1. The number of benzene rings is 1. The minimum atomic E-state index is -3.43. The van der Waals surface area contributed by atoms with Gasteiger partial charge < -0.3 is 23.3 Å². The van der Waals surface area contributed by atoms with Gasteiger partial charge in [-0.25, -0.2) is 0 Å². The van der Waals surface area contributed by atoms with Crippen LogP contribution >= 0.6 is 7.60 Å². The summed E-state index contributed by atoms with van der Waals surface area (Å²) < 4.78 is 37.0. The fourth-order valence-corrected chi connectivity index (χ4v) is 2.65. The van der Waals surface area contributed by atoms with Gasteiger partial charge in [-0.3, -0.25) is 9.36 Å². The highest BCUT2D eigenvalue weighted by atomic mass is 31.2. The van der Waals surface area contributed by atoms with Crippen LogP contribution < -0.4 is 14.2 Å². The molecule has 0 aliphatic heterocycles. The lowest BCUT2D eigenvalue weighted by Gasteiger charge is -2.15. The van der Waals surface area contributed by atoms with Gasteiger partial charge >= 0.3 is 7.60 Å². The molecule has 7 nitrogen and oxygen atoms in total. The van der Waals surface area contributed by atoms with Crippen molar-refractivity contribution in [1.29, 1.82) is 0 Å². The third-order valence-electron chi connectivity index (χ3n) is 2.88. The van der Waals surface area contributed by atoms with Gasteiger partial charge in [-0.05, 0) is 12.1 Å². The second kappa shape index (κ2) is 7.45. The molecule has 0 aromatic heterocycles. The third kappa shape index (κ3) is 3.97. The molecule has 0 saturated carbocycles. The standard InChI is InChI=1S/C13H19O7P/c1-16-11-6-9(7-12(17-2)13(11)18-3)10(14)8-21(15,19-4)20-5/h6-7H,8H2,1-5H3. The zero-order chi connectivity index (χ0) is 16.0. The summed E-state index contributed by atoms with van der Waals surface area (Å²) in [5.41, 5.74) is 0.263. The van der Waals surface area contributed by atoms with Crippen LogP contribution in [0.15, 0.2) is 12.1 Å². The number of Topliss-reactive ketones (excluding diaryl/α,β-unsaturated/α-hetero) is 1. The van der Waals surface area contributed by atoms with E-state index < -0.39 is 13.4 Å². The molecule has 0 spiro atoms. The second-order valence-electron chi connectivity index (χ2n) is 3.97. The highest BCUT2D eigenvalue weighted by molar-refractivity contribution is 7.54. The van der Waals surface area contributed by atoms with Gasteiger partial charge in [0, 0.05) is 19.8 Å². The zero-order valence-electron chi connectivity index (χ0n) is 12.7. The summed E-state index contributed by atoms with van der Waals surface area (Å²) in [4.78, 5) is 12.2. The zero-order valence-corrected chi connectivity index (χ0v) is 13.6. The Bertz CT molecular complexity index is 522. The van der Waals surface area contributed by atoms with Gasteiger partial charge in [-0.1, -0.05) is 0 Å². The largest absolute Gasteiger partial charge is 0.493 e. The Hall–Kier alpha value is -1.56. The van der Waals surface area contributed by atoms with E-state index in [0.717, 1.165) is 0 Å². The number of rotatable bonds is 8. The Balaban J connectivity index is 3.19. The first-order chi connectivity index (χ1) is 9.94. The fraction of sp³-hybridized carbons (Fsp3) is 0.462. The summed E-state index contributed by atoms with van der Waals surface area (Å²) in [5.74, 6) is 0.634. The quantitative estimate of drug-likeness (QED) is 0.537. The Morgan fingerprint density at radius 2 is 1.43 bits per heavy atom. The van der Waals surface area contributed by atoms with Gasteiger partial charge in [0.15, 0.2) is 17.3 Å². The van der Waals surface area contributed by atoms with Crippen molar-refractivity contribution in [2.45, 2.75) is 0 Å². The molecule has 0 bridgehead atoms. The molecule has 0 N–H and O–H groups in total. The minimum absolute atomic E-state index is 0.263. The van der Waals surface area contributed by atoms with Crippen LogP contribution in [0.3, 0.4) is 0 Å². The molecule has 0 saturated heterocycles. The number of hydrogen-bond donors (Lipinski definition) is 0. The SMILES string of the molecule is COc1cc(C(=O)CP(=O)(OC)OC)cc(OC)c1OC. The van der Waals surface area contributed by atoms with E-state index in [1.807, 2.05) is 0 Å². The molecule has 0 radical (unpaired) electrons. The molecule has 0 atom stereocenters. The van der Waals surface area contributed by atoms with E-state index >= 15 is 0 Å². The summed E-state index contributed by atoms with van der Waals surface area (Å²) in [7, 11) is 3.38. The van der Waals surface area contributed by atoms with Crippen molar-refractivity contribution in [3.8, 4) is 17.2 Å². The van der Waals surface area contributed by atoms with Crippen LogP contribution in [0, 0.1) is 0 Å². The Labute approximate surface area is 123 Å². The van der Waals surface area contributed by atoms with E-state index in [1.54, 1.807) is 0 Å². The number of hydrogen-bond acceptors (Lipinski definition) is 7. The topological polar surface area (TPSA) is 80.3 Å². The van der Waals surface area contributed by atoms with E-state index in [9.17, 15) is 9.36 Å². The van der Waals surface area contributed by atoms with Crippen LogP contribution in [0.1, 0.15) is 10.4 Å². The molecule has 118 valence electrons. The number of carbonyl (C=O) groups excluding carboxylic acids is 1. The van der Waals surface area contributed by atoms with Crippen molar-refractivity contribution in [1.82, 2.24) is 0 Å². The van der Waals surface area contributed by atoms with Crippen molar-refractivity contribution >= 4 is 13.4 Å². The maximum absolute atomic E-state index is 12.2.